The van der Waals surface area contributed by atoms with E-state index in [4.69, 9.17) is 0 Å². The molecule has 0 bridgehead atoms. The van der Waals surface area contributed by atoms with Crippen molar-refractivity contribution in [3.05, 3.63) is 145 Å². The SMILES string of the molecule is C(#Cc1c2ccccc2c(-c2ccc3ccccc3c2)c2ccccc12)c1ccc2ccccc2c1. The molecular formula is C36H22. The second-order valence-electron chi connectivity index (χ2n) is 9.22. The summed E-state index contributed by atoms with van der Waals surface area (Å²) < 4.78 is 0. The highest BCUT2D eigenvalue weighted by Gasteiger charge is 2.14. The molecule has 7 rings (SSSR count). The largest absolute Gasteiger partial charge is 0.0616 e. The van der Waals surface area contributed by atoms with Gasteiger partial charge in [0.2, 0.25) is 0 Å². The molecule has 0 spiro atoms. The summed E-state index contributed by atoms with van der Waals surface area (Å²) in [5.41, 5.74) is 4.61. The fourth-order valence-electron chi connectivity index (χ4n) is 5.32. The maximum absolute atomic E-state index is 3.57. The van der Waals surface area contributed by atoms with Crippen LogP contribution in [-0.2, 0) is 0 Å². The van der Waals surface area contributed by atoms with E-state index in [1.54, 1.807) is 0 Å². The van der Waals surface area contributed by atoms with Crippen LogP contribution in [-0.4, -0.2) is 0 Å². The van der Waals surface area contributed by atoms with Crippen molar-refractivity contribution in [2.75, 3.05) is 0 Å². The van der Waals surface area contributed by atoms with Crippen LogP contribution in [0.25, 0.3) is 54.2 Å². The van der Waals surface area contributed by atoms with E-state index < -0.39 is 0 Å². The molecule has 7 aromatic carbocycles. The molecule has 0 fully saturated rings. The van der Waals surface area contributed by atoms with Crippen molar-refractivity contribution in [1.82, 2.24) is 0 Å². The first-order valence-corrected chi connectivity index (χ1v) is 12.3. The number of hydrogen-bond acceptors (Lipinski definition) is 0. The minimum atomic E-state index is 1.03. The average Bonchev–Trinajstić information content (AvgIpc) is 2.95. The molecule has 0 unspecified atom stereocenters. The van der Waals surface area contributed by atoms with Gasteiger partial charge >= 0.3 is 0 Å². The van der Waals surface area contributed by atoms with E-state index >= 15 is 0 Å². The Hall–Kier alpha value is -4.86. The highest BCUT2D eigenvalue weighted by atomic mass is 14.2. The molecule has 0 aliphatic heterocycles. The van der Waals surface area contributed by atoms with Gasteiger partial charge in [-0.05, 0) is 72.4 Å². The molecule has 36 heavy (non-hydrogen) atoms. The molecular weight excluding hydrogens is 432 g/mol. The van der Waals surface area contributed by atoms with Crippen LogP contribution in [0.3, 0.4) is 0 Å². The lowest BCUT2D eigenvalue weighted by atomic mass is 9.88. The number of rotatable bonds is 1. The molecule has 7 aromatic rings. The van der Waals surface area contributed by atoms with Gasteiger partial charge < -0.3 is 0 Å². The third kappa shape index (κ3) is 3.42. The van der Waals surface area contributed by atoms with E-state index in [1.807, 2.05) is 0 Å². The van der Waals surface area contributed by atoms with Gasteiger partial charge in [-0.25, -0.2) is 0 Å². The Morgan fingerprint density at radius 1 is 0.361 bits per heavy atom. The first-order valence-electron chi connectivity index (χ1n) is 12.3. The molecule has 0 heterocycles. The molecule has 0 saturated heterocycles. The second-order valence-corrected chi connectivity index (χ2v) is 9.22. The Bertz CT molecular complexity index is 1940. The molecule has 0 aliphatic rings. The first kappa shape index (κ1) is 20.5. The van der Waals surface area contributed by atoms with E-state index in [0.717, 1.165) is 11.1 Å². The Morgan fingerprint density at radius 3 is 1.50 bits per heavy atom. The maximum Gasteiger partial charge on any atom is 0.0406 e. The van der Waals surface area contributed by atoms with Crippen molar-refractivity contribution in [3.8, 4) is 23.0 Å². The Balaban J connectivity index is 1.50. The zero-order valence-corrected chi connectivity index (χ0v) is 19.7. The summed E-state index contributed by atoms with van der Waals surface area (Å²) in [5.74, 6) is 7.04. The van der Waals surface area contributed by atoms with Gasteiger partial charge in [-0.3, -0.25) is 0 Å². The van der Waals surface area contributed by atoms with Gasteiger partial charge in [-0.2, -0.15) is 0 Å². The molecule has 0 aromatic heterocycles. The molecule has 0 aliphatic carbocycles. The van der Waals surface area contributed by atoms with Crippen LogP contribution in [0.4, 0.5) is 0 Å². The second kappa shape index (κ2) is 8.42. The minimum Gasteiger partial charge on any atom is -0.0616 e. The summed E-state index contributed by atoms with van der Waals surface area (Å²) in [4.78, 5) is 0. The third-order valence-corrected chi connectivity index (χ3v) is 7.05. The number of fused-ring (bicyclic) bond motifs is 4. The number of hydrogen-bond donors (Lipinski definition) is 0. The normalized spacial score (nSPS) is 11.1. The zero-order valence-electron chi connectivity index (χ0n) is 19.7. The van der Waals surface area contributed by atoms with Crippen LogP contribution >= 0.6 is 0 Å². The van der Waals surface area contributed by atoms with Crippen LogP contribution in [0, 0.1) is 11.8 Å². The van der Waals surface area contributed by atoms with Crippen LogP contribution in [0.2, 0.25) is 0 Å². The summed E-state index contributed by atoms with van der Waals surface area (Å²) in [5, 5.41) is 9.80. The molecule has 0 radical (unpaired) electrons. The monoisotopic (exact) mass is 454 g/mol. The Morgan fingerprint density at radius 2 is 0.861 bits per heavy atom. The van der Waals surface area contributed by atoms with Crippen LogP contribution in [0.15, 0.2) is 133 Å². The lowest BCUT2D eigenvalue weighted by Crippen LogP contribution is -1.90. The van der Waals surface area contributed by atoms with E-state index in [-0.39, 0.29) is 0 Å². The Kier molecular flexibility index (Phi) is 4.80. The van der Waals surface area contributed by atoms with Crippen molar-refractivity contribution >= 4 is 43.1 Å². The predicted molar refractivity (Wildman–Crippen MR) is 154 cm³/mol. The van der Waals surface area contributed by atoms with Gasteiger partial charge in [0.05, 0.1) is 0 Å². The molecule has 0 amide bonds. The topological polar surface area (TPSA) is 0 Å². The van der Waals surface area contributed by atoms with Gasteiger partial charge in [0.15, 0.2) is 0 Å². The quantitative estimate of drug-likeness (QED) is 0.171. The van der Waals surface area contributed by atoms with Gasteiger partial charge in [0.1, 0.15) is 0 Å². The standard InChI is InChI=1S/C36H22/c1-3-11-28-23-25(17-19-26(28)9-1)18-22-33-31-13-5-7-15-34(31)36(35-16-8-6-14-32(33)35)30-21-20-27-10-2-4-12-29(27)24-30/h1-17,19-21,23-24H. The fourth-order valence-corrected chi connectivity index (χ4v) is 5.32. The van der Waals surface area contributed by atoms with Crippen molar-refractivity contribution in [2.24, 2.45) is 0 Å². The van der Waals surface area contributed by atoms with Crippen molar-refractivity contribution in [3.63, 3.8) is 0 Å². The van der Waals surface area contributed by atoms with Crippen LogP contribution in [0.1, 0.15) is 11.1 Å². The summed E-state index contributed by atoms with van der Waals surface area (Å²) in [6, 6.07) is 47.6. The Labute approximate surface area is 210 Å². The highest BCUT2D eigenvalue weighted by Crippen LogP contribution is 2.39. The van der Waals surface area contributed by atoms with Crippen molar-refractivity contribution in [2.45, 2.75) is 0 Å². The summed E-state index contributed by atoms with van der Waals surface area (Å²) in [6.07, 6.45) is 0. The third-order valence-electron chi connectivity index (χ3n) is 7.05. The van der Waals surface area contributed by atoms with Crippen LogP contribution < -0.4 is 0 Å². The van der Waals surface area contributed by atoms with Gasteiger partial charge in [0, 0.05) is 11.1 Å². The smallest absolute Gasteiger partial charge is 0.0406 e. The summed E-state index contributed by atoms with van der Waals surface area (Å²) in [6.45, 7) is 0. The number of benzene rings is 7. The van der Waals surface area contributed by atoms with E-state index in [0.29, 0.717) is 0 Å². The minimum absolute atomic E-state index is 1.03. The zero-order chi connectivity index (χ0) is 23.9. The lowest BCUT2D eigenvalue weighted by Gasteiger charge is -2.15. The molecule has 0 saturated carbocycles. The van der Waals surface area contributed by atoms with Crippen molar-refractivity contribution in [1.29, 1.82) is 0 Å². The molecule has 0 N–H and O–H groups in total. The van der Waals surface area contributed by atoms with Crippen LogP contribution in [0.5, 0.6) is 0 Å². The van der Waals surface area contributed by atoms with E-state index in [9.17, 15) is 0 Å². The molecule has 0 atom stereocenters. The molecule has 166 valence electrons. The summed E-state index contributed by atoms with van der Waals surface area (Å²) in [7, 11) is 0. The highest BCUT2D eigenvalue weighted by molar-refractivity contribution is 6.17. The maximum atomic E-state index is 3.57. The van der Waals surface area contributed by atoms with E-state index in [1.165, 1.54) is 54.2 Å². The van der Waals surface area contributed by atoms with Gasteiger partial charge in [-0.15, -0.1) is 0 Å². The van der Waals surface area contributed by atoms with E-state index in [2.05, 4.69) is 145 Å². The first-order chi connectivity index (χ1) is 17.8. The predicted octanol–water partition coefficient (Wildman–Crippen LogP) is 9.37. The average molecular weight is 455 g/mol. The molecule has 0 heteroatoms. The molecule has 0 nitrogen and oxygen atoms in total. The van der Waals surface area contributed by atoms with Gasteiger partial charge in [-0.1, -0.05) is 127 Å². The summed E-state index contributed by atoms with van der Waals surface area (Å²) >= 11 is 0. The van der Waals surface area contributed by atoms with Crippen molar-refractivity contribution < 1.29 is 0 Å². The lowest BCUT2D eigenvalue weighted by molar-refractivity contribution is 1.68. The fraction of sp³-hybridized carbons (Fsp3) is 0. The van der Waals surface area contributed by atoms with Gasteiger partial charge in [0.25, 0.3) is 0 Å².